The molecule has 0 spiro atoms. The number of ether oxygens (including phenoxy) is 2. The normalized spacial score (nSPS) is 8.07. The average Bonchev–Trinajstić information content (AvgIpc) is 2.19. The molecular weight excluding hydrogens is 232 g/mol. The first-order chi connectivity index (χ1) is 7.06. The summed E-state index contributed by atoms with van der Waals surface area (Å²) in [6.45, 7) is 0. The highest BCUT2D eigenvalue weighted by Gasteiger charge is 1.90. The van der Waals surface area contributed by atoms with E-state index < -0.39 is 0 Å². The third kappa shape index (κ3) is 8.92. The molecule has 0 aromatic heterocycles. The Labute approximate surface area is 99.2 Å². The third-order valence-corrected chi connectivity index (χ3v) is 1.41. The molecule has 4 N–H and O–H groups in total. The van der Waals surface area contributed by atoms with Gasteiger partial charge in [-0.25, -0.2) is 0 Å². The highest BCUT2D eigenvalue weighted by atomic mass is 32.1. The van der Waals surface area contributed by atoms with Gasteiger partial charge in [-0.3, -0.25) is 0 Å². The lowest BCUT2D eigenvalue weighted by Crippen LogP contribution is -2.15. The fraction of sp³-hybridized carbons (Fsp3) is 0.111. The van der Waals surface area contributed by atoms with Crippen LogP contribution in [0.15, 0.2) is 30.3 Å². The zero-order valence-electron chi connectivity index (χ0n) is 8.17. The van der Waals surface area contributed by atoms with Crippen molar-refractivity contribution < 1.29 is 9.47 Å². The van der Waals surface area contributed by atoms with Gasteiger partial charge in [0.2, 0.25) is 0 Å². The van der Waals surface area contributed by atoms with Crippen LogP contribution in [0.2, 0.25) is 0 Å². The van der Waals surface area contributed by atoms with Crippen LogP contribution in [0.25, 0.3) is 0 Å². The number of methoxy groups -OCH3 is 1. The molecule has 0 saturated heterocycles. The zero-order valence-corrected chi connectivity index (χ0v) is 9.81. The van der Waals surface area contributed by atoms with Crippen molar-refractivity contribution in [1.29, 1.82) is 0 Å². The molecule has 6 heteroatoms. The molecule has 1 aromatic rings. The predicted molar refractivity (Wildman–Crippen MR) is 67.6 cm³/mol. The van der Waals surface area contributed by atoms with Crippen LogP contribution < -0.4 is 16.2 Å². The summed E-state index contributed by atoms with van der Waals surface area (Å²) in [6, 6.07) is 9.19. The van der Waals surface area contributed by atoms with E-state index in [1.807, 2.05) is 18.2 Å². The van der Waals surface area contributed by atoms with E-state index in [0.717, 1.165) is 0 Å². The molecule has 4 nitrogen and oxygen atoms in total. The molecule has 0 bridgehead atoms. The SMILES string of the molecule is COC(N)=S.NC(=S)Oc1ccccc1. The van der Waals surface area contributed by atoms with Crippen molar-refractivity contribution in [3.63, 3.8) is 0 Å². The van der Waals surface area contributed by atoms with Crippen LogP contribution in [0.5, 0.6) is 5.75 Å². The van der Waals surface area contributed by atoms with Crippen molar-refractivity contribution >= 4 is 34.8 Å². The number of nitrogens with two attached hydrogens (primary N) is 2. The molecule has 0 heterocycles. The number of para-hydroxylation sites is 1. The fourth-order valence-electron chi connectivity index (χ4n) is 0.605. The van der Waals surface area contributed by atoms with Crippen molar-refractivity contribution in [3.05, 3.63) is 30.3 Å². The molecular formula is C9H12N2O2S2. The molecule has 1 rings (SSSR count). The standard InChI is InChI=1S/C7H7NOS.C2H5NOS/c8-7(10)9-6-4-2-1-3-5-6;1-4-2(3)5/h1-5H,(H2,8,10);1H3,(H2,3,5). The van der Waals surface area contributed by atoms with Crippen molar-refractivity contribution in [2.75, 3.05) is 7.11 Å². The number of hydrogen-bond donors (Lipinski definition) is 2. The number of thiocarbonyl (C=S) groups is 2. The lowest BCUT2D eigenvalue weighted by atomic mass is 10.3. The van der Waals surface area contributed by atoms with Crippen LogP contribution in [0.3, 0.4) is 0 Å². The minimum absolute atomic E-state index is 0.0474. The minimum Gasteiger partial charge on any atom is -0.475 e. The first-order valence-electron chi connectivity index (χ1n) is 3.92. The van der Waals surface area contributed by atoms with E-state index in [1.54, 1.807) is 12.1 Å². The van der Waals surface area contributed by atoms with E-state index in [9.17, 15) is 0 Å². The monoisotopic (exact) mass is 244 g/mol. The summed E-state index contributed by atoms with van der Waals surface area (Å²) in [4.78, 5) is 0. The molecule has 0 fully saturated rings. The Morgan fingerprint density at radius 3 is 1.87 bits per heavy atom. The molecule has 1 aromatic carbocycles. The van der Waals surface area contributed by atoms with Crippen LogP contribution in [-0.4, -0.2) is 17.5 Å². The van der Waals surface area contributed by atoms with Gasteiger partial charge in [-0.15, -0.1) is 0 Å². The second kappa shape index (κ2) is 7.95. The molecule has 0 amide bonds. The second-order valence-electron chi connectivity index (χ2n) is 2.26. The Hall–Kier alpha value is -1.40. The number of rotatable bonds is 1. The van der Waals surface area contributed by atoms with E-state index >= 15 is 0 Å². The van der Waals surface area contributed by atoms with E-state index in [2.05, 4.69) is 29.2 Å². The van der Waals surface area contributed by atoms with Crippen LogP contribution in [0.1, 0.15) is 0 Å². The van der Waals surface area contributed by atoms with E-state index in [0.29, 0.717) is 5.75 Å². The van der Waals surface area contributed by atoms with Gasteiger partial charge in [0.05, 0.1) is 7.11 Å². The maximum absolute atomic E-state index is 5.13. The van der Waals surface area contributed by atoms with Gasteiger partial charge in [-0.2, -0.15) is 0 Å². The molecule has 0 aliphatic heterocycles. The average molecular weight is 244 g/mol. The van der Waals surface area contributed by atoms with Crippen LogP contribution in [0, 0.1) is 0 Å². The summed E-state index contributed by atoms with van der Waals surface area (Å²) >= 11 is 8.79. The lowest BCUT2D eigenvalue weighted by molar-refractivity contribution is 0.408. The van der Waals surface area contributed by atoms with Gasteiger partial charge in [0.1, 0.15) is 5.75 Å². The van der Waals surface area contributed by atoms with Gasteiger partial charge in [0.15, 0.2) is 0 Å². The summed E-state index contributed by atoms with van der Waals surface area (Å²) in [6.07, 6.45) is 0. The van der Waals surface area contributed by atoms with Gasteiger partial charge >= 0.3 is 0 Å². The van der Waals surface area contributed by atoms with E-state index in [1.165, 1.54) is 7.11 Å². The molecule has 0 aliphatic rings. The molecule has 0 unspecified atom stereocenters. The Bertz CT molecular complexity index is 317. The van der Waals surface area contributed by atoms with Crippen molar-refractivity contribution in [3.8, 4) is 5.75 Å². The highest BCUT2D eigenvalue weighted by Crippen LogP contribution is 2.07. The Morgan fingerprint density at radius 1 is 1.07 bits per heavy atom. The Balaban J connectivity index is 0.000000336. The summed E-state index contributed by atoms with van der Waals surface area (Å²) in [5, 5.41) is 0.135. The zero-order chi connectivity index (χ0) is 11.7. The van der Waals surface area contributed by atoms with E-state index in [-0.39, 0.29) is 10.3 Å². The molecule has 15 heavy (non-hydrogen) atoms. The van der Waals surface area contributed by atoms with Gasteiger partial charge < -0.3 is 20.9 Å². The summed E-state index contributed by atoms with van der Waals surface area (Å²) < 4.78 is 9.18. The van der Waals surface area contributed by atoms with Crippen LogP contribution >= 0.6 is 24.4 Å². The van der Waals surface area contributed by atoms with Gasteiger partial charge in [0.25, 0.3) is 10.3 Å². The molecule has 0 atom stereocenters. The quantitative estimate of drug-likeness (QED) is 0.723. The summed E-state index contributed by atoms with van der Waals surface area (Å²) in [7, 11) is 1.43. The van der Waals surface area contributed by atoms with Crippen LogP contribution in [-0.2, 0) is 4.74 Å². The first-order valence-corrected chi connectivity index (χ1v) is 4.73. The molecule has 0 radical (unpaired) electrons. The topological polar surface area (TPSA) is 70.5 Å². The Kier molecular flexibility index (Phi) is 7.21. The van der Waals surface area contributed by atoms with Crippen molar-refractivity contribution in [1.82, 2.24) is 0 Å². The predicted octanol–water partition coefficient (Wildman–Crippen LogP) is 1.19. The van der Waals surface area contributed by atoms with Gasteiger partial charge in [-0.1, -0.05) is 18.2 Å². The molecule has 0 aliphatic carbocycles. The first kappa shape index (κ1) is 13.6. The summed E-state index contributed by atoms with van der Waals surface area (Å²) in [5.41, 5.74) is 9.93. The van der Waals surface area contributed by atoms with Gasteiger partial charge in [0, 0.05) is 0 Å². The maximum atomic E-state index is 5.13. The molecule has 82 valence electrons. The van der Waals surface area contributed by atoms with Crippen LogP contribution in [0.4, 0.5) is 0 Å². The lowest BCUT2D eigenvalue weighted by Gasteiger charge is -1.99. The number of hydrogen-bond acceptors (Lipinski definition) is 4. The second-order valence-corrected chi connectivity index (χ2v) is 3.06. The smallest absolute Gasteiger partial charge is 0.259 e. The van der Waals surface area contributed by atoms with Crippen molar-refractivity contribution in [2.45, 2.75) is 0 Å². The Morgan fingerprint density at radius 2 is 1.53 bits per heavy atom. The van der Waals surface area contributed by atoms with Gasteiger partial charge in [-0.05, 0) is 36.6 Å². The fourth-order valence-corrected chi connectivity index (χ4v) is 0.701. The minimum atomic E-state index is 0.0474. The number of benzene rings is 1. The molecule has 0 saturated carbocycles. The van der Waals surface area contributed by atoms with E-state index in [4.69, 9.17) is 16.2 Å². The van der Waals surface area contributed by atoms with Crippen molar-refractivity contribution in [2.24, 2.45) is 11.5 Å². The summed E-state index contributed by atoms with van der Waals surface area (Å²) in [5.74, 6) is 0.676. The third-order valence-electron chi connectivity index (χ3n) is 1.16. The largest absolute Gasteiger partial charge is 0.475 e. The highest BCUT2D eigenvalue weighted by molar-refractivity contribution is 7.80. The maximum Gasteiger partial charge on any atom is 0.259 e.